The summed E-state index contributed by atoms with van der Waals surface area (Å²) in [6, 6.07) is 16.7. The molecule has 89 heavy (non-hydrogen) atoms. The van der Waals surface area contributed by atoms with Crippen molar-refractivity contribution in [2.75, 3.05) is 63.4 Å². The van der Waals surface area contributed by atoms with Crippen molar-refractivity contribution in [3.63, 3.8) is 0 Å². The number of ether oxygens (including phenoxy) is 4. The van der Waals surface area contributed by atoms with Crippen LogP contribution in [0.15, 0.2) is 85.7 Å². The largest absolute Gasteiger partial charge is 0.444 e. The van der Waals surface area contributed by atoms with Crippen LogP contribution in [0.4, 0.5) is 26.9 Å². The molecule has 6 aromatic rings. The molecule has 4 fully saturated rings. The van der Waals surface area contributed by atoms with Gasteiger partial charge in [0.05, 0.1) is 71.7 Å². The van der Waals surface area contributed by atoms with Gasteiger partial charge in [-0.2, -0.15) is 10.2 Å². The van der Waals surface area contributed by atoms with Gasteiger partial charge in [0.1, 0.15) is 11.2 Å². The Kier molecular flexibility index (Phi) is 22.8. The summed E-state index contributed by atoms with van der Waals surface area (Å²) in [7, 11) is 0. The first-order valence-electron chi connectivity index (χ1n) is 31.1. The number of aromatic nitrogens is 8. The van der Waals surface area contributed by atoms with Crippen LogP contribution in [0.25, 0.3) is 22.5 Å². The number of nitrogens with one attached hydrogen (secondary N) is 1. The molecule has 4 aliphatic heterocycles. The second kappa shape index (κ2) is 30.2. The van der Waals surface area contributed by atoms with Crippen LogP contribution in [0.3, 0.4) is 0 Å². The van der Waals surface area contributed by atoms with Crippen molar-refractivity contribution in [3.8, 4) is 22.5 Å². The molecule has 0 atom stereocenters. The minimum absolute atomic E-state index is 0.166. The zero-order chi connectivity index (χ0) is 64.2. The van der Waals surface area contributed by atoms with Gasteiger partial charge in [-0.3, -0.25) is 19.0 Å². The third kappa shape index (κ3) is 20.2. The molecule has 4 saturated heterocycles. The summed E-state index contributed by atoms with van der Waals surface area (Å²) in [6.45, 7) is 29.0. The Morgan fingerprint density at radius 2 is 1.04 bits per heavy atom. The lowest BCUT2D eigenvalue weighted by Gasteiger charge is -2.40. The van der Waals surface area contributed by atoms with E-state index in [2.05, 4.69) is 74.6 Å². The Bertz CT molecular complexity index is 3330. The van der Waals surface area contributed by atoms with Crippen LogP contribution in [0.5, 0.6) is 0 Å². The summed E-state index contributed by atoms with van der Waals surface area (Å²) in [5, 5.41) is 12.3. The first-order valence-corrected chi connectivity index (χ1v) is 31.5. The maximum atomic E-state index is 12.6. The summed E-state index contributed by atoms with van der Waals surface area (Å²) >= 11 is 5.86. The SMILES string of the molecule is CC(C)(C)OC(=O)N1CCC(n2cc(N)cn2)CC1.Cc1cc(-c2ccnc(Cl)n2)ccc1CCC(=O)N1CC(OC(C)C)C1.Cc1cc(-c2ccnc(Nc3cnn(C4CCN(C(=O)OC(C)(C)C)CC4)c3)n2)ccc1CCC(=O)N1CC(OC(C)C)C1. The second-order valence-corrected chi connectivity index (χ2v) is 26.3. The van der Waals surface area contributed by atoms with E-state index in [-0.39, 0.29) is 59.7 Å². The number of nitrogens with two attached hydrogens (primary N) is 1. The number of amides is 4. The van der Waals surface area contributed by atoms with Gasteiger partial charge in [-0.15, -0.1) is 0 Å². The van der Waals surface area contributed by atoms with E-state index in [0.29, 0.717) is 89.3 Å². The molecule has 8 heterocycles. The fourth-order valence-electron chi connectivity index (χ4n) is 10.9. The molecule has 0 bridgehead atoms. The third-order valence-electron chi connectivity index (χ3n) is 15.6. The number of nitrogen functional groups attached to an aromatic ring is 1. The van der Waals surface area contributed by atoms with Crippen molar-refractivity contribution in [1.29, 1.82) is 0 Å². The van der Waals surface area contributed by atoms with Gasteiger partial charge in [0.2, 0.25) is 23.0 Å². The number of piperidine rings is 2. The van der Waals surface area contributed by atoms with E-state index in [9.17, 15) is 19.2 Å². The van der Waals surface area contributed by atoms with E-state index in [1.165, 1.54) is 5.56 Å². The number of nitrogens with zero attached hydrogens (tertiary/aromatic N) is 12. The monoisotopic (exact) mass is 1240 g/mol. The number of likely N-dealkylation sites (tertiary alicyclic amines) is 4. The maximum absolute atomic E-state index is 12.6. The molecule has 23 heteroatoms. The summed E-state index contributed by atoms with van der Waals surface area (Å²) in [5.41, 5.74) is 14.4. The smallest absolute Gasteiger partial charge is 0.410 e. The average Bonchev–Trinajstić information content (AvgIpc) is 4.15. The molecule has 4 aromatic heterocycles. The highest BCUT2D eigenvalue weighted by atomic mass is 35.5. The lowest BCUT2D eigenvalue weighted by atomic mass is 9.99. The Balaban J connectivity index is 0.000000192. The molecular weight excluding hydrogens is 1150 g/mol. The molecule has 0 aliphatic carbocycles. The van der Waals surface area contributed by atoms with Crippen molar-refractivity contribution >= 4 is 52.9 Å². The van der Waals surface area contributed by atoms with Gasteiger partial charge in [0, 0.05) is 101 Å². The van der Waals surface area contributed by atoms with Gasteiger partial charge in [0.15, 0.2) is 0 Å². The van der Waals surface area contributed by atoms with E-state index in [1.54, 1.807) is 34.6 Å². The topological polar surface area (TPSA) is 243 Å². The minimum Gasteiger partial charge on any atom is -0.444 e. The quantitative estimate of drug-likeness (QED) is 0.0856. The van der Waals surface area contributed by atoms with Gasteiger partial charge in [-0.25, -0.2) is 29.5 Å². The van der Waals surface area contributed by atoms with Crippen LogP contribution >= 0.6 is 11.6 Å². The van der Waals surface area contributed by atoms with Gasteiger partial charge >= 0.3 is 12.2 Å². The van der Waals surface area contributed by atoms with Crippen LogP contribution in [-0.4, -0.2) is 171 Å². The molecule has 4 aliphatic rings. The molecule has 0 unspecified atom stereocenters. The van der Waals surface area contributed by atoms with Crippen molar-refractivity contribution in [1.82, 2.24) is 59.1 Å². The van der Waals surface area contributed by atoms with Crippen LogP contribution in [0.1, 0.15) is 142 Å². The van der Waals surface area contributed by atoms with Crippen LogP contribution in [0, 0.1) is 13.8 Å². The number of halogens is 1. The van der Waals surface area contributed by atoms with Gasteiger partial charge in [-0.05, 0) is 180 Å². The Hall–Kier alpha value is -7.69. The van der Waals surface area contributed by atoms with Crippen LogP contribution < -0.4 is 11.1 Å². The number of carbonyl (C=O) groups is 4. The molecule has 3 N–H and O–H groups in total. The minimum atomic E-state index is -0.499. The summed E-state index contributed by atoms with van der Waals surface area (Å²) < 4.78 is 26.2. The average molecular weight is 1240 g/mol. The molecule has 0 spiro atoms. The zero-order valence-electron chi connectivity index (χ0n) is 53.9. The fourth-order valence-corrected chi connectivity index (χ4v) is 11.1. The molecule has 10 rings (SSSR count). The number of hydrogen-bond acceptors (Lipinski definition) is 16. The highest BCUT2D eigenvalue weighted by Gasteiger charge is 2.34. The van der Waals surface area contributed by atoms with E-state index < -0.39 is 11.2 Å². The third-order valence-corrected chi connectivity index (χ3v) is 15.7. The summed E-state index contributed by atoms with van der Waals surface area (Å²) in [6.07, 6.45) is 16.7. The predicted octanol–water partition coefficient (Wildman–Crippen LogP) is 11.2. The molecule has 22 nitrogen and oxygen atoms in total. The molecule has 0 radical (unpaired) electrons. The molecule has 2 aromatic carbocycles. The van der Waals surface area contributed by atoms with Gasteiger partial charge < -0.3 is 49.6 Å². The summed E-state index contributed by atoms with van der Waals surface area (Å²) in [4.78, 5) is 73.8. The van der Waals surface area contributed by atoms with Crippen LogP contribution in [-0.2, 0) is 41.4 Å². The Morgan fingerprint density at radius 1 is 0.607 bits per heavy atom. The van der Waals surface area contributed by atoms with E-state index in [0.717, 1.165) is 77.0 Å². The Labute approximate surface area is 529 Å². The predicted molar refractivity (Wildman–Crippen MR) is 344 cm³/mol. The van der Waals surface area contributed by atoms with Gasteiger partial charge in [-0.1, -0.05) is 24.3 Å². The highest BCUT2D eigenvalue weighted by Crippen LogP contribution is 2.29. The molecule has 480 valence electrons. The van der Waals surface area contributed by atoms with Crippen molar-refractivity contribution in [3.05, 3.63) is 113 Å². The number of hydrogen-bond donors (Lipinski definition) is 2. The van der Waals surface area contributed by atoms with E-state index in [4.69, 9.17) is 41.3 Å². The number of carbonyl (C=O) groups excluding carboxylic acids is 4. The van der Waals surface area contributed by atoms with Crippen molar-refractivity contribution in [2.24, 2.45) is 0 Å². The summed E-state index contributed by atoms with van der Waals surface area (Å²) in [5.74, 6) is 0.862. The van der Waals surface area contributed by atoms with Gasteiger partial charge in [0.25, 0.3) is 0 Å². The van der Waals surface area contributed by atoms with Crippen molar-refractivity contribution in [2.45, 2.75) is 182 Å². The number of benzene rings is 2. The van der Waals surface area contributed by atoms with E-state index in [1.807, 2.05) is 119 Å². The Morgan fingerprint density at radius 3 is 1.46 bits per heavy atom. The first-order chi connectivity index (χ1) is 42.2. The first kappa shape index (κ1) is 67.2. The molecule has 4 amide bonds. The maximum Gasteiger partial charge on any atom is 0.410 e. The van der Waals surface area contributed by atoms with Crippen molar-refractivity contribution < 1.29 is 38.1 Å². The number of rotatable bonds is 16. The number of aryl methyl sites for hydroxylation is 4. The zero-order valence-corrected chi connectivity index (χ0v) is 54.7. The lowest BCUT2D eigenvalue weighted by Crippen LogP contribution is -2.55. The normalized spacial score (nSPS) is 16.0. The second-order valence-electron chi connectivity index (χ2n) is 26.0. The molecule has 0 saturated carbocycles. The van der Waals surface area contributed by atoms with Crippen LogP contribution in [0.2, 0.25) is 5.28 Å². The van der Waals surface area contributed by atoms with E-state index >= 15 is 0 Å². The lowest BCUT2D eigenvalue weighted by molar-refractivity contribution is -0.148. The molecular formula is C66H91ClN14O8. The highest BCUT2D eigenvalue weighted by molar-refractivity contribution is 6.28. The standard InChI is InChI=1S/C33H45N7O4.C20H24ClN3O2.C13H22N4O2/c1-22(2)43-28-20-39(21-28)30(41)10-9-24-7-8-25(17-23(24)3)29-11-14-34-31(37-29)36-26-18-35-40(19-26)27-12-15-38(16-13-27)32(42)44-33(4,5)6;1-13(2)26-17-11-24(12-17)19(25)7-6-15-4-5-16(10-14(15)3)18-8-9-22-20(21)23-18;1-13(2,3)19-12(18)16-6-4-11(5-7-16)17-9-10(14)8-15-17/h7-8,11,14,17-19,22,27-28H,9-10,12-13,15-16,20-21H2,1-6H3,(H,34,36,37);4-5,8-10,13,17H,6-7,11-12H2,1-3H3;8-9,11H,4-7,14H2,1-3H3. The fraction of sp³-hybridized carbons (Fsp3) is 0.545. The number of anilines is 3.